The number of nitrogens with zero attached hydrogens (tertiary/aromatic N) is 3. The molecular formula is C13H20N4O4. The number of carboxylic acid groups (broad SMARTS) is 1. The molecule has 2 rings (SSSR count). The molecule has 1 unspecified atom stereocenters. The van der Waals surface area contributed by atoms with Crippen LogP contribution in [0.3, 0.4) is 0 Å². The van der Waals surface area contributed by atoms with Crippen molar-refractivity contribution in [2.75, 3.05) is 19.7 Å². The van der Waals surface area contributed by atoms with E-state index in [4.69, 9.17) is 15.6 Å². The Bertz CT molecular complexity index is 508. The minimum Gasteiger partial charge on any atom is -0.480 e. The molecule has 0 aliphatic carbocycles. The fraction of sp³-hybridized carbons (Fsp3) is 0.615. The summed E-state index contributed by atoms with van der Waals surface area (Å²) in [5.74, 6) is -1.12. The van der Waals surface area contributed by atoms with Gasteiger partial charge in [-0.25, -0.2) is 4.79 Å². The van der Waals surface area contributed by atoms with E-state index in [2.05, 4.69) is 5.10 Å². The number of piperidine rings is 1. The molecule has 1 aliphatic rings. The lowest BCUT2D eigenvalue weighted by atomic mass is 10.1. The number of likely N-dealkylation sites (tertiary alicyclic amines) is 1. The molecule has 0 spiro atoms. The van der Waals surface area contributed by atoms with Gasteiger partial charge in [0.25, 0.3) is 0 Å². The van der Waals surface area contributed by atoms with E-state index in [1.807, 2.05) is 0 Å². The van der Waals surface area contributed by atoms with Gasteiger partial charge in [-0.1, -0.05) is 0 Å². The average Bonchev–Trinajstić information content (AvgIpc) is 2.90. The zero-order valence-corrected chi connectivity index (χ0v) is 11.9. The number of aryl methyl sites for hydroxylation is 1. The number of hydrogen-bond donors (Lipinski definition) is 2. The number of aromatic nitrogens is 2. The third kappa shape index (κ3) is 4.02. The van der Waals surface area contributed by atoms with Crippen molar-refractivity contribution < 1.29 is 19.4 Å². The molecule has 0 bridgehead atoms. The van der Waals surface area contributed by atoms with Crippen LogP contribution < -0.4 is 5.73 Å². The Hall–Kier alpha value is -1.93. The van der Waals surface area contributed by atoms with Crippen LogP contribution in [0.5, 0.6) is 0 Å². The van der Waals surface area contributed by atoms with Crippen LogP contribution in [0.4, 0.5) is 0 Å². The Morgan fingerprint density at radius 2 is 2.19 bits per heavy atom. The van der Waals surface area contributed by atoms with Gasteiger partial charge < -0.3 is 20.5 Å². The smallest absolute Gasteiger partial charge is 0.329 e. The van der Waals surface area contributed by atoms with Gasteiger partial charge in [-0.2, -0.15) is 5.10 Å². The number of nitrogens with two attached hydrogens (primary N) is 1. The molecule has 3 N–H and O–H groups in total. The summed E-state index contributed by atoms with van der Waals surface area (Å²) in [6.07, 6.45) is 4.45. The van der Waals surface area contributed by atoms with Crippen molar-refractivity contribution in [3.63, 3.8) is 0 Å². The molecule has 1 amide bonds. The standard InChI is InChI=1S/C13H20N4O4/c1-16-7-9(6-15-16)12(14)13(20)17-4-2-10(3-5-17)21-8-11(18)19/h6-7,10,12H,2-5,8,14H2,1H3,(H,18,19). The molecule has 0 saturated carbocycles. The summed E-state index contributed by atoms with van der Waals surface area (Å²) in [4.78, 5) is 24.5. The molecule has 116 valence electrons. The summed E-state index contributed by atoms with van der Waals surface area (Å²) in [6.45, 7) is 0.752. The Labute approximate surface area is 122 Å². The maximum absolute atomic E-state index is 12.3. The van der Waals surface area contributed by atoms with Crippen LogP contribution in [0.15, 0.2) is 12.4 Å². The highest BCUT2D eigenvalue weighted by atomic mass is 16.5. The van der Waals surface area contributed by atoms with Crippen molar-refractivity contribution >= 4 is 11.9 Å². The summed E-state index contributed by atoms with van der Waals surface area (Å²) < 4.78 is 6.84. The Morgan fingerprint density at radius 3 is 2.71 bits per heavy atom. The van der Waals surface area contributed by atoms with Gasteiger partial charge in [0, 0.05) is 31.9 Å². The third-order valence-electron chi connectivity index (χ3n) is 3.55. The number of ether oxygens (including phenoxy) is 1. The van der Waals surface area contributed by atoms with Crippen molar-refractivity contribution in [2.24, 2.45) is 12.8 Å². The molecule has 1 atom stereocenters. The lowest BCUT2D eigenvalue weighted by Gasteiger charge is -2.33. The molecule has 1 fully saturated rings. The van der Waals surface area contributed by atoms with E-state index in [1.165, 1.54) is 0 Å². The summed E-state index contributed by atoms with van der Waals surface area (Å²) in [6, 6.07) is -0.713. The third-order valence-corrected chi connectivity index (χ3v) is 3.55. The van der Waals surface area contributed by atoms with Crippen LogP contribution in [-0.4, -0.2) is 57.5 Å². The van der Waals surface area contributed by atoms with E-state index in [1.54, 1.807) is 29.0 Å². The van der Waals surface area contributed by atoms with Crippen LogP contribution in [-0.2, 0) is 21.4 Å². The normalized spacial score (nSPS) is 17.7. The van der Waals surface area contributed by atoms with Crippen molar-refractivity contribution in [3.8, 4) is 0 Å². The second-order valence-electron chi connectivity index (χ2n) is 5.15. The maximum Gasteiger partial charge on any atom is 0.329 e. The van der Waals surface area contributed by atoms with Crippen LogP contribution >= 0.6 is 0 Å². The minimum atomic E-state index is -0.980. The molecule has 8 heteroatoms. The number of aliphatic carboxylic acids is 1. The van der Waals surface area contributed by atoms with E-state index in [-0.39, 0.29) is 18.6 Å². The Morgan fingerprint density at radius 1 is 1.52 bits per heavy atom. The van der Waals surface area contributed by atoms with Gasteiger partial charge in [-0.15, -0.1) is 0 Å². The van der Waals surface area contributed by atoms with Gasteiger partial charge in [-0.3, -0.25) is 9.48 Å². The summed E-state index contributed by atoms with van der Waals surface area (Å²) >= 11 is 0. The molecule has 1 aliphatic heterocycles. The summed E-state index contributed by atoms with van der Waals surface area (Å²) in [5, 5.41) is 12.6. The first-order valence-corrected chi connectivity index (χ1v) is 6.83. The van der Waals surface area contributed by atoms with E-state index in [0.717, 1.165) is 0 Å². The fourth-order valence-corrected chi connectivity index (χ4v) is 2.37. The van der Waals surface area contributed by atoms with Gasteiger partial charge in [0.05, 0.1) is 12.3 Å². The van der Waals surface area contributed by atoms with E-state index in [0.29, 0.717) is 31.5 Å². The SMILES string of the molecule is Cn1cc(C(N)C(=O)N2CCC(OCC(=O)O)CC2)cn1. The Balaban J connectivity index is 1.84. The minimum absolute atomic E-state index is 0.111. The van der Waals surface area contributed by atoms with Crippen molar-refractivity contribution in [3.05, 3.63) is 18.0 Å². The molecule has 8 nitrogen and oxygen atoms in total. The molecule has 21 heavy (non-hydrogen) atoms. The first-order valence-electron chi connectivity index (χ1n) is 6.83. The second-order valence-corrected chi connectivity index (χ2v) is 5.15. The first-order chi connectivity index (χ1) is 9.97. The predicted octanol–water partition coefficient (Wildman–Crippen LogP) is -0.488. The molecule has 1 aromatic rings. The Kier molecular flexibility index (Phi) is 4.92. The van der Waals surface area contributed by atoms with Gasteiger partial charge in [0.2, 0.25) is 5.91 Å². The highest BCUT2D eigenvalue weighted by Crippen LogP contribution is 2.18. The topological polar surface area (TPSA) is 111 Å². The van der Waals surface area contributed by atoms with Gasteiger partial charge in [0.15, 0.2) is 0 Å². The number of carboxylic acids is 1. The van der Waals surface area contributed by atoms with Crippen LogP contribution in [0.25, 0.3) is 0 Å². The largest absolute Gasteiger partial charge is 0.480 e. The van der Waals surface area contributed by atoms with E-state index in [9.17, 15) is 9.59 Å². The predicted molar refractivity (Wildman–Crippen MR) is 73.3 cm³/mol. The number of carbonyl (C=O) groups is 2. The van der Waals surface area contributed by atoms with Gasteiger partial charge in [-0.05, 0) is 12.8 Å². The maximum atomic E-state index is 12.3. The van der Waals surface area contributed by atoms with E-state index >= 15 is 0 Å². The van der Waals surface area contributed by atoms with Crippen molar-refractivity contribution in [2.45, 2.75) is 25.0 Å². The van der Waals surface area contributed by atoms with Crippen LogP contribution in [0, 0.1) is 0 Å². The summed E-state index contributed by atoms with van der Waals surface area (Å²) in [7, 11) is 1.77. The zero-order valence-electron chi connectivity index (χ0n) is 11.9. The van der Waals surface area contributed by atoms with Gasteiger partial charge >= 0.3 is 5.97 Å². The molecule has 0 radical (unpaired) electrons. The average molecular weight is 296 g/mol. The highest BCUT2D eigenvalue weighted by molar-refractivity contribution is 5.83. The van der Waals surface area contributed by atoms with Crippen molar-refractivity contribution in [1.82, 2.24) is 14.7 Å². The summed E-state index contributed by atoms with van der Waals surface area (Å²) in [5.41, 5.74) is 6.65. The monoisotopic (exact) mass is 296 g/mol. The molecular weight excluding hydrogens is 276 g/mol. The first kappa shape index (κ1) is 15.5. The van der Waals surface area contributed by atoms with Crippen LogP contribution in [0.1, 0.15) is 24.4 Å². The molecule has 1 aromatic heterocycles. The number of rotatable bonds is 5. The number of hydrogen-bond acceptors (Lipinski definition) is 5. The van der Waals surface area contributed by atoms with E-state index < -0.39 is 12.0 Å². The zero-order chi connectivity index (χ0) is 15.4. The number of amides is 1. The van der Waals surface area contributed by atoms with Crippen molar-refractivity contribution in [1.29, 1.82) is 0 Å². The quantitative estimate of drug-likeness (QED) is 0.758. The molecule has 2 heterocycles. The fourth-order valence-electron chi connectivity index (χ4n) is 2.37. The molecule has 0 aromatic carbocycles. The van der Waals surface area contributed by atoms with Gasteiger partial charge in [0.1, 0.15) is 12.6 Å². The molecule has 1 saturated heterocycles. The van der Waals surface area contributed by atoms with Crippen LogP contribution in [0.2, 0.25) is 0 Å². The second kappa shape index (κ2) is 6.68. The highest BCUT2D eigenvalue weighted by Gasteiger charge is 2.28. The number of carbonyl (C=O) groups excluding carboxylic acids is 1. The lowest BCUT2D eigenvalue weighted by Crippen LogP contribution is -2.45. The lowest BCUT2D eigenvalue weighted by molar-refractivity contribution is -0.147.